The summed E-state index contributed by atoms with van der Waals surface area (Å²) in [5.41, 5.74) is 0.977. The second-order valence-corrected chi connectivity index (χ2v) is 6.40. The summed E-state index contributed by atoms with van der Waals surface area (Å²) in [4.78, 5) is 14.4. The number of rotatable bonds is 6. The van der Waals surface area contributed by atoms with Crippen LogP contribution in [0.15, 0.2) is 30.3 Å². The first-order valence-corrected chi connectivity index (χ1v) is 8.30. The zero-order valence-corrected chi connectivity index (χ0v) is 13.5. The van der Waals surface area contributed by atoms with E-state index in [9.17, 15) is 18.7 Å². The highest BCUT2D eigenvalue weighted by atomic mass is 19.3. The molecule has 0 aliphatic heterocycles. The third kappa shape index (κ3) is 5.27. The minimum absolute atomic E-state index is 0.114. The molecule has 1 N–H and O–H groups in total. The highest BCUT2D eigenvalue weighted by Gasteiger charge is 2.38. The summed E-state index contributed by atoms with van der Waals surface area (Å²) in [7, 11) is 0. The Hall–Kier alpha value is -1.49. The van der Waals surface area contributed by atoms with Crippen LogP contribution in [0.1, 0.15) is 44.6 Å². The van der Waals surface area contributed by atoms with E-state index in [1.165, 1.54) is 0 Å². The molecule has 1 amide bonds. The van der Waals surface area contributed by atoms with E-state index in [-0.39, 0.29) is 44.1 Å². The van der Waals surface area contributed by atoms with Gasteiger partial charge in [0.05, 0.1) is 6.10 Å². The molecule has 2 rings (SSSR count). The van der Waals surface area contributed by atoms with Crippen LogP contribution in [0.25, 0.3) is 0 Å². The Labute approximate surface area is 136 Å². The molecular formula is C18H25F2NO2. The fourth-order valence-corrected chi connectivity index (χ4v) is 2.97. The van der Waals surface area contributed by atoms with Crippen LogP contribution in [0.5, 0.6) is 0 Å². The fraction of sp³-hybridized carbons (Fsp3) is 0.611. The van der Waals surface area contributed by atoms with Crippen molar-refractivity contribution < 1.29 is 18.7 Å². The number of nitrogens with zero attached hydrogens (tertiary/aromatic N) is 1. The highest BCUT2D eigenvalue weighted by molar-refractivity contribution is 5.79. The number of halogens is 2. The molecule has 0 bridgehead atoms. The van der Waals surface area contributed by atoms with E-state index < -0.39 is 12.0 Å². The molecular weight excluding hydrogens is 300 g/mol. The largest absolute Gasteiger partial charge is 0.391 e. The van der Waals surface area contributed by atoms with Crippen molar-refractivity contribution in [3.63, 3.8) is 0 Å². The van der Waals surface area contributed by atoms with Gasteiger partial charge in [-0.2, -0.15) is 0 Å². The molecule has 23 heavy (non-hydrogen) atoms. The van der Waals surface area contributed by atoms with Gasteiger partial charge >= 0.3 is 0 Å². The van der Waals surface area contributed by atoms with Gasteiger partial charge in [-0.1, -0.05) is 37.3 Å². The maximum atomic E-state index is 13.3. The number of carbonyl (C=O) groups is 1. The van der Waals surface area contributed by atoms with Crippen LogP contribution < -0.4 is 0 Å². The van der Waals surface area contributed by atoms with E-state index in [1.54, 1.807) is 4.90 Å². The van der Waals surface area contributed by atoms with Crippen molar-refractivity contribution in [3.05, 3.63) is 35.9 Å². The molecule has 1 aromatic carbocycles. The molecule has 0 spiro atoms. The summed E-state index contributed by atoms with van der Waals surface area (Å²) in [6.07, 6.45) is -0.0367. The monoisotopic (exact) mass is 325 g/mol. The van der Waals surface area contributed by atoms with E-state index in [0.717, 1.165) is 5.56 Å². The van der Waals surface area contributed by atoms with Crippen LogP contribution >= 0.6 is 0 Å². The van der Waals surface area contributed by atoms with Gasteiger partial charge in [-0.15, -0.1) is 0 Å². The van der Waals surface area contributed by atoms with Crippen molar-refractivity contribution in [1.29, 1.82) is 0 Å². The summed E-state index contributed by atoms with van der Waals surface area (Å²) >= 11 is 0. The lowest BCUT2D eigenvalue weighted by Gasteiger charge is -2.33. The van der Waals surface area contributed by atoms with Gasteiger partial charge in [0.1, 0.15) is 0 Å². The Morgan fingerprint density at radius 1 is 1.30 bits per heavy atom. The van der Waals surface area contributed by atoms with Crippen molar-refractivity contribution in [2.75, 3.05) is 6.54 Å². The van der Waals surface area contributed by atoms with Gasteiger partial charge in [0.2, 0.25) is 11.8 Å². The number of hydrogen-bond donors (Lipinski definition) is 1. The van der Waals surface area contributed by atoms with Gasteiger partial charge in [-0.25, -0.2) is 8.78 Å². The fourth-order valence-electron chi connectivity index (χ4n) is 2.97. The molecule has 1 aliphatic rings. The third-order valence-corrected chi connectivity index (χ3v) is 4.50. The van der Waals surface area contributed by atoms with Crippen LogP contribution in [0.3, 0.4) is 0 Å². The quantitative estimate of drug-likeness (QED) is 0.868. The van der Waals surface area contributed by atoms with Gasteiger partial charge < -0.3 is 10.0 Å². The lowest BCUT2D eigenvalue weighted by atomic mass is 9.85. The Kier molecular flexibility index (Phi) is 6.10. The molecule has 0 aromatic heterocycles. The van der Waals surface area contributed by atoms with Gasteiger partial charge in [-0.3, -0.25) is 4.79 Å². The van der Waals surface area contributed by atoms with Gasteiger partial charge in [0.15, 0.2) is 0 Å². The number of alkyl halides is 2. The molecule has 0 heterocycles. The zero-order chi connectivity index (χ0) is 16.9. The van der Waals surface area contributed by atoms with Crippen LogP contribution in [0, 0.1) is 5.92 Å². The first-order chi connectivity index (χ1) is 10.9. The van der Waals surface area contributed by atoms with Crippen molar-refractivity contribution in [2.45, 2.75) is 57.6 Å². The predicted molar refractivity (Wildman–Crippen MR) is 85.1 cm³/mol. The number of aliphatic hydroxyl groups is 1. The molecule has 0 radical (unpaired) electrons. The Bertz CT molecular complexity index is 497. The molecule has 1 saturated carbocycles. The third-order valence-electron chi connectivity index (χ3n) is 4.50. The number of benzene rings is 1. The minimum Gasteiger partial charge on any atom is -0.391 e. The molecule has 1 atom stereocenters. The van der Waals surface area contributed by atoms with Gasteiger partial charge in [-0.05, 0) is 24.8 Å². The van der Waals surface area contributed by atoms with Crippen molar-refractivity contribution in [1.82, 2.24) is 4.90 Å². The number of aliphatic hydroxyl groups excluding tert-OH is 1. The van der Waals surface area contributed by atoms with E-state index in [2.05, 4.69) is 0 Å². The number of amides is 1. The SMILES string of the molecule is CC[C@@H](O)CN(Cc1ccccc1)C(=O)C1CCC(F)(F)CC1. The first kappa shape index (κ1) is 17.9. The highest BCUT2D eigenvalue weighted by Crippen LogP contribution is 2.37. The van der Waals surface area contributed by atoms with Crippen molar-refractivity contribution in [2.24, 2.45) is 5.92 Å². The molecule has 5 heteroatoms. The van der Waals surface area contributed by atoms with Gasteiger partial charge in [0, 0.05) is 31.8 Å². The minimum atomic E-state index is -2.63. The number of carbonyl (C=O) groups excluding carboxylic acids is 1. The van der Waals surface area contributed by atoms with E-state index in [4.69, 9.17) is 0 Å². The predicted octanol–water partition coefficient (Wildman–Crippen LogP) is 3.61. The Morgan fingerprint density at radius 2 is 1.91 bits per heavy atom. The van der Waals surface area contributed by atoms with Gasteiger partial charge in [0.25, 0.3) is 0 Å². The second kappa shape index (κ2) is 7.86. The van der Waals surface area contributed by atoms with E-state index in [1.807, 2.05) is 37.3 Å². The van der Waals surface area contributed by atoms with Crippen LogP contribution in [0.4, 0.5) is 8.78 Å². The van der Waals surface area contributed by atoms with Crippen LogP contribution in [0.2, 0.25) is 0 Å². The molecule has 0 saturated heterocycles. The standard InChI is InChI=1S/C18H25F2NO2/c1-2-16(22)13-21(12-14-6-4-3-5-7-14)17(23)15-8-10-18(19,20)11-9-15/h3-7,15-16,22H,2,8-13H2,1H3/t16-/m1/s1. The van der Waals surface area contributed by atoms with E-state index in [0.29, 0.717) is 13.0 Å². The second-order valence-electron chi connectivity index (χ2n) is 6.40. The molecule has 1 fully saturated rings. The Balaban J connectivity index is 2.05. The summed E-state index contributed by atoms with van der Waals surface area (Å²) < 4.78 is 26.6. The molecule has 1 aromatic rings. The first-order valence-electron chi connectivity index (χ1n) is 8.30. The van der Waals surface area contributed by atoms with Crippen LogP contribution in [-0.2, 0) is 11.3 Å². The summed E-state index contributed by atoms with van der Waals surface area (Å²) in [5, 5.41) is 9.92. The van der Waals surface area contributed by atoms with Crippen molar-refractivity contribution >= 4 is 5.91 Å². The normalized spacial score (nSPS) is 19.3. The molecule has 3 nitrogen and oxygen atoms in total. The summed E-state index contributed by atoms with van der Waals surface area (Å²) in [6, 6.07) is 9.55. The topological polar surface area (TPSA) is 40.5 Å². The zero-order valence-electron chi connectivity index (χ0n) is 13.5. The lowest BCUT2D eigenvalue weighted by molar-refractivity contribution is -0.141. The summed E-state index contributed by atoms with van der Waals surface area (Å²) in [6.45, 7) is 2.51. The van der Waals surface area contributed by atoms with Crippen LogP contribution in [-0.4, -0.2) is 34.5 Å². The smallest absolute Gasteiger partial charge is 0.248 e. The average Bonchev–Trinajstić information content (AvgIpc) is 2.54. The molecule has 128 valence electrons. The molecule has 0 unspecified atom stereocenters. The summed E-state index contributed by atoms with van der Waals surface area (Å²) in [5.74, 6) is -3.11. The maximum Gasteiger partial charge on any atom is 0.248 e. The number of hydrogen-bond acceptors (Lipinski definition) is 2. The average molecular weight is 325 g/mol. The maximum absolute atomic E-state index is 13.3. The molecule has 1 aliphatic carbocycles. The van der Waals surface area contributed by atoms with E-state index >= 15 is 0 Å². The van der Waals surface area contributed by atoms with Crippen molar-refractivity contribution in [3.8, 4) is 0 Å². The lowest BCUT2D eigenvalue weighted by Crippen LogP contribution is -2.42. The Morgan fingerprint density at radius 3 is 2.48 bits per heavy atom.